The summed E-state index contributed by atoms with van der Waals surface area (Å²) in [6.07, 6.45) is 1.07. The van der Waals surface area contributed by atoms with Gasteiger partial charge in [0.15, 0.2) is 0 Å². The molecule has 96 valence electrons. The normalized spacial score (nSPS) is 13.4. The van der Waals surface area contributed by atoms with Crippen LogP contribution in [0.25, 0.3) is 0 Å². The van der Waals surface area contributed by atoms with Gasteiger partial charge in [-0.25, -0.2) is 0 Å². The molecule has 0 spiro atoms. The molecule has 0 aromatic heterocycles. The Morgan fingerprint density at radius 1 is 1.29 bits per heavy atom. The summed E-state index contributed by atoms with van der Waals surface area (Å²) in [6.45, 7) is 4.23. The number of ether oxygens (including phenoxy) is 1. The Bertz CT molecular complexity index is 436. The molecular formula is C12H18O4S. The van der Waals surface area contributed by atoms with Crippen LogP contribution < -0.4 is 4.74 Å². The molecule has 1 atom stereocenters. The van der Waals surface area contributed by atoms with E-state index in [1.54, 1.807) is 0 Å². The molecule has 1 unspecified atom stereocenters. The van der Waals surface area contributed by atoms with E-state index in [1.165, 1.54) is 5.56 Å². The average Bonchev–Trinajstić information content (AvgIpc) is 2.27. The summed E-state index contributed by atoms with van der Waals surface area (Å²) in [5.74, 6) is 0.725. The summed E-state index contributed by atoms with van der Waals surface area (Å²) in [5.41, 5.74) is 1.23. The van der Waals surface area contributed by atoms with Gasteiger partial charge in [-0.1, -0.05) is 26.0 Å². The maximum atomic E-state index is 10.5. The number of benzene rings is 1. The van der Waals surface area contributed by atoms with Crippen molar-refractivity contribution in [1.82, 2.24) is 0 Å². The number of rotatable bonds is 6. The molecule has 0 bridgehead atoms. The van der Waals surface area contributed by atoms with E-state index in [0.717, 1.165) is 6.42 Å². The van der Waals surface area contributed by atoms with E-state index in [4.69, 9.17) is 9.29 Å². The van der Waals surface area contributed by atoms with Crippen LogP contribution >= 0.6 is 0 Å². The standard InChI is InChI=1S/C12H18O4S/c1-3-10(2)11-4-6-12(7-5-11)16-8-9-17(13,14)15/h4-7,10H,3,8-9H2,1-2H3,(H,13,14,15). The largest absolute Gasteiger partial charge is 0.492 e. The predicted octanol–water partition coefficient (Wildman–Crippen LogP) is 2.47. The van der Waals surface area contributed by atoms with Gasteiger partial charge in [0.05, 0.1) is 0 Å². The molecule has 0 saturated heterocycles. The fraction of sp³-hybridized carbons (Fsp3) is 0.500. The Kier molecular flexibility index (Phi) is 4.96. The number of hydrogen-bond acceptors (Lipinski definition) is 3. The predicted molar refractivity (Wildman–Crippen MR) is 67.1 cm³/mol. The summed E-state index contributed by atoms with van der Waals surface area (Å²) in [7, 11) is -3.94. The molecule has 0 aliphatic heterocycles. The van der Waals surface area contributed by atoms with Crippen molar-refractivity contribution in [3.8, 4) is 5.75 Å². The molecule has 0 fully saturated rings. The Morgan fingerprint density at radius 2 is 1.88 bits per heavy atom. The monoisotopic (exact) mass is 258 g/mol. The van der Waals surface area contributed by atoms with Crippen molar-refractivity contribution in [1.29, 1.82) is 0 Å². The smallest absolute Gasteiger partial charge is 0.268 e. The first-order valence-corrected chi connectivity index (χ1v) is 7.21. The van der Waals surface area contributed by atoms with Gasteiger partial charge in [-0.05, 0) is 30.0 Å². The van der Waals surface area contributed by atoms with Crippen molar-refractivity contribution < 1.29 is 17.7 Å². The van der Waals surface area contributed by atoms with Crippen LogP contribution in [0.1, 0.15) is 31.7 Å². The third-order valence-corrected chi connectivity index (χ3v) is 3.35. The van der Waals surface area contributed by atoms with Crippen LogP contribution in [0.15, 0.2) is 24.3 Å². The molecule has 5 heteroatoms. The summed E-state index contributed by atoms with van der Waals surface area (Å²) in [5, 5.41) is 0. The van der Waals surface area contributed by atoms with Crippen LogP contribution in [-0.4, -0.2) is 25.3 Å². The van der Waals surface area contributed by atoms with Gasteiger partial charge in [0.2, 0.25) is 0 Å². The van der Waals surface area contributed by atoms with Gasteiger partial charge in [-0.3, -0.25) is 4.55 Å². The van der Waals surface area contributed by atoms with Gasteiger partial charge in [-0.15, -0.1) is 0 Å². The first kappa shape index (κ1) is 14.0. The van der Waals surface area contributed by atoms with Gasteiger partial charge in [0, 0.05) is 0 Å². The van der Waals surface area contributed by atoms with Crippen molar-refractivity contribution in [2.75, 3.05) is 12.4 Å². The van der Waals surface area contributed by atoms with Gasteiger partial charge in [0.25, 0.3) is 10.1 Å². The molecule has 1 N–H and O–H groups in total. The number of hydrogen-bond donors (Lipinski definition) is 1. The highest BCUT2D eigenvalue weighted by Crippen LogP contribution is 2.21. The zero-order valence-electron chi connectivity index (χ0n) is 10.1. The molecule has 4 nitrogen and oxygen atoms in total. The lowest BCUT2D eigenvalue weighted by Crippen LogP contribution is -2.12. The SMILES string of the molecule is CCC(C)c1ccc(OCCS(=O)(=O)O)cc1. The van der Waals surface area contributed by atoms with Gasteiger partial charge >= 0.3 is 0 Å². The fourth-order valence-electron chi connectivity index (χ4n) is 1.39. The lowest BCUT2D eigenvalue weighted by Gasteiger charge is -2.10. The Morgan fingerprint density at radius 3 is 2.35 bits per heavy atom. The van der Waals surface area contributed by atoms with E-state index in [1.807, 2.05) is 24.3 Å². The molecular weight excluding hydrogens is 240 g/mol. The van der Waals surface area contributed by atoms with E-state index in [9.17, 15) is 8.42 Å². The second-order valence-corrected chi connectivity index (χ2v) is 5.58. The maximum Gasteiger partial charge on any atom is 0.268 e. The zero-order chi connectivity index (χ0) is 12.9. The molecule has 0 radical (unpaired) electrons. The van der Waals surface area contributed by atoms with E-state index in [2.05, 4.69) is 13.8 Å². The molecule has 1 aromatic rings. The highest BCUT2D eigenvalue weighted by molar-refractivity contribution is 7.85. The average molecular weight is 258 g/mol. The highest BCUT2D eigenvalue weighted by atomic mass is 32.2. The van der Waals surface area contributed by atoms with Crippen LogP contribution in [0.5, 0.6) is 5.75 Å². The maximum absolute atomic E-state index is 10.5. The van der Waals surface area contributed by atoms with Crippen LogP contribution in [0.2, 0.25) is 0 Å². The summed E-state index contributed by atoms with van der Waals surface area (Å²) in [6, 6.07) is 7.56. The van der Waals surface area contributed by atoms with Gasteiger partial charge < -0.3 is 4.74 Å². The third kappa shape index (κ3) is 5.19. The van der Waals surface area contributed by atoms with Crippen molar-refractivity contribution >= 4 is 10.1 Å². The topological polar surface area (TPSA) is 63.6 Å². The lowest BCUT2D eigenvalue weighted by atomic mass is 9.99. The molecule has 1 rings (SSSR count). The Balaban J connectivity index is 2.51. The molecule has 1 aromatic carbocycles. The summed E-state index contributed by atoms with van der Waals surface area (Å²) >= 11 is 0. The Hall–Kier alpha value is -1.07. The van der Waals surface area contributed by atoms with Crippen LogP contribution in [0.4, 0.5) is 0 Å². The van der Waals surface area contributed by atoms with E-state index in [-0.39, 0.29) is 12.4 Å². The van der Waals surface area contributed by atoms with Gasteiger partial charge in [0.1, 0.15) is 18.1 Å². The molecule has 0 aliphatic carbocycles. The quantitative estimate of drug-likeness (QED) is 0.796. The van der Waals surface area contributed by atoms with Gasteiger partial charge in [-0.2, -0.15) is 8.42 Å². The minimum Gasteiger partial charge on any atom is -0.492 e. The Labute approximate surface area is 102 Å². The molecule has 17 heavy (non-hydrogen) atoms. The van der Waals surface area contributed by atoms with Crippen molar-refractivity contribution in [3.63, 3.8) is 0 Å². The first-order chi connectivity index (χ1) is 7.92. The van der Waals surface area contributed by atoms with Crippen molar-refractivity contribution in [2.24, 2.45) is 0 Å². The van der Waals surface area contributed by atoms with E-state index < -0.39 is 10.1 Å². The van der Waals surface area contributed by atoms with E-state index in [0.29, 0.717) is 11.7 Å². The van der Waals surface area contributed by atoms with Crippen LogP contribution in [-0.2, 0) is 10.1 Å². The molecule has 0 heterocycles. The summed E-state index contributed by atoms with van der Waals surface area (Å²) < 4.78 is 34.7. The zero-order valence-corrected chi connectivity index (χ0v) is 10.9. The highest BCUT2D eigenvalue weighted by Gasteiger charge is 2.05. The molecule has 0 saturated carbocycles. The van der Waals surface area contributed by atoms with Crippen molar-refractivity contribution in [2.45, 2.75) is 26.2 Å². The lowest BCUT2D eigenvalue weighted by molar-refractivity contribution is 0.335. The second-order valence-electron chi connectivity index (χ2n) is 4.01. The molecule has 0 amide bonds. The first-order valence-electron chi connectivity index (χ1n) is 5.60. The third-order valence-electron chi connectivity index (χ3n) is 2.67. The molecule has 0 aliphatic rings. The minimum atomic E-state index is -3.94. The van der Waals surface area contributed by atoms with Crippen molar-refractivity contribution in [3.05, 3.63) is 29.8 Å². The fourth-order valence-corrected chi connectivity index (χ4v) is 1.69. The van der Waals surface area contributed by atoms with Crippen LogP contribution in [0.3, 0.4) is 0 Å². The van der Waals surface area contributed by atoms with Crippen LogP contribution in [0, 0.1) is 0 Å². The summed E-state index contributed by atoms with van der Waals surface area (Å²) in [4.78, 5) is 0. The minimum absolute atomic E-state index is 0.0402. The second kappa shape index (κ2) is 6.02. The van der Waals surface area contributed by atoms with E-state index >= 15 is 0 Å².